The second-order valence-electron chi connectivity index (χ2n) is 3.27. The monoisotopic (exact) mass is 207 g/mol. The summed E-state index contributed by atoms with van der Waals surface area (Å²) >= 11 is 1.76. The molecule has 2 heterocycles. The van der Waals surface area contributed by atoms with Crippen LogP contribution < -0.4 is 5.32 Å². The fourth-order valence-electron chi connectivity index (χ4n) is 1.37. The average molecular weight is 207 g/mol. The van der Waals surface area contributed by atoms with Crippen LogP contribution in [0.2, 0.25) is 0 Å². The van der Waals surface area contributed by atoms with Gasteiger partial charge in [-0.05, 0) is 18.4 Å². The maximum atomic E-state index is 4.32. The highest BCUT2D eigenvalue weighted by Crippen LogP contribution is 2.14. The molecule has 0 aromatic carbocycles. The van der Waals surface area contributed by atoms with Gasteiger partial charge < -0.3 is 5.32 Å². The summed E-state index contributed by atoms with van der Waals surface area (Å²) in [6, 6.07) is 4.18. The van der Waals surface area contributed by atoms with E-state index in [4.69, 9.17) is 0 Å². The summed E-state index contributed by atoms with van der Waals surface area (Å²) in [6.45, 7) is 2.92. The first-order valence-corrected chi connectivity index (χ1v) is 5.40. The molecule has 0 fully saturated rings. The van der Waals surface area contributed by atoms with Crippen LogP contribution in [0.3, 0.4) is 0 Å². The summed E-state index contributed by atoms with van der Waals surface area (Å²) < 4.78 is 1.83. The predicted molar refractivity (Wildman–Crippen MR) is 59.6 cm³/mol. The molecule has 0 unspecified atom stereocenters. The van der Waals surface area contributed by atoms with Crippen LogP contribution in [-0.2, 0) is 13.6 Å². The molecule has 2 aromatic heterocycles. The zero-order valence-electron chi connectivity index (χ0n) is 8.32. The van der Waals surface area contributed by atoms with Gasteiger partial charge in [-0.25, -0.2) is 0 Å². The second kappa shape index (κ2) is 3.84. The van der Waals surface area contributed by atoms with Crippen molar-refractivity contribution in [2.45, 2.75) is 13.5 Å². The van der Waals surface area contributed by atoms with E-state index in [-0.39, 0.29) is 0 Å². The number of nitrogens with zero attached hydrogens (tertiary/aromatic N) is 2. The molecule has 0 amide bonds. The van der Waals surface area contributed by atoms with Gasteiger partial charge >= 0.3 is 0 Å². The Balaban J connectivity index is 2.01. The van der Waals surface area contributed by atoms with Crippen molar-refractivity contribution in [3.05, 3.63) is 34.2 Å². The van der Waals surface area contributed by atoms with Crippen LogP contribution in [0.15, 0.2) is 23.7 Å². The zero-order valence-corrected chi connectivity index (χ0v) is 9.14. The Morgan fingerprint density at radius 3 is 3.00 bits per heavy atom. The summed E-state index contributed by atoms with van der Waals surface area (Å²) in [5, 5.41) is 9.72. The van der Waals surface area contributed by atoms with E-state index in [9.17, 15) is 0 Å². The first-order valence-electron chi connectivity index (χ1n) is 4.52. The molecule has 0 saturated heterocycles. The third kappa shape index (κ3) is 1.96. The first-order chi connectivity index (χ1) is 6.75. The minimum Gasteiger partial charge on any atom is -0.363 e. The third-order valence-corrected chi connectivity index (χ3v) is 2.90. The average Bonchev–Trinajstić information content (AvgIpc) is 2.72. The molecule has 4 heteroatoms. The smallest absolute Gasteiger partial charge is 0.151 e. The standard InChI is InChI=1S/C10H13N3S/c1-8-7-13(2)12-10(8)11-6-9-4-3-5-14-9/h3-5,7H,6H2,1-2H3,(H,11,12). The molecule has 0 radical (unpaired) electrons. The van der Waals surface area contributed by atoms with Gasteiger partial charge in [0.1, 0.15) is 0 Å². The first kappa shape index (κ1) is 9.27. The normalized spacial score (nSPS) is 10.4. The maximum Gasteiger partial charge on any atom is 0.151 e. The van der Waals surface area contributed by atoms with Crippen LogP contribution >= 0.6 is 11.3 Å². The van der Waals surface area contributed by atoms with Crippen LogP contribution in [-0.4, -0.2) is 9.78 Å². The van der Waals surface area contributed by atoms with Gasteiger partial charge in [-0.3, -0.25) is 4.68 Å². The van der Waals surface area contributed by atoms with Gasteiger partial charge in [-0.15, -0.1) is 11.3 Å². The fraction of sp³-hybridized carbons (Fsp3) is 0.300. The molecule has 0 bridgehead atoms. The van der Waals surface area contributed by atoms with Crippen LogP contribution in [0, 0.1) is 6.92 Å². The number of hydrogen-bond acceptors (Lipinski definition) is 3. The number of hydrogen-bond donors (Lipinski definition) is 1. The summed E-state index contributed by atoms with van der Waals surface area (Å²) in [7, 11) is 1.93. The minimum absolute atomic E-state index is 0.857. The Morgan fingerprint density at radius 2 is 2.43 bits per heavy atom. The van der Waals surface area contributed by atoms with Crippen molar-refractivity contribution < 1.29 is 0 Å². The van der Waals surface area contributed by atoms with E-state index in [1.165, 1.54) is 10.4 Å². The highest BCUT2D eigenvalue weighted by atomic mass is 32.1. The molecule has 3 nitrogen and oxygen atoms in total. The van der Waals surface area contributed by atoms with Crippen molar-refractivity contribution in [2.75, 3.05) is 5.32 Å². The van der Waals surface area contributed by atoms with Crippen molar-refractivity contribution in [3.8, 4) is 0 Å². The Labute approximate surface area is 87.4 Å². The zero-order chi connectivity index (χ0) is 9.97. The number of anilines is 1. The van der Waals surface area contributed by atoms with Crippen LogP contribution in [0.4, 0.5) is 5.82 Å². The molecule has 2 aromatic rings. The van der Waals surface area contributed by atoms with Gasteiger partial charge in [-0.1, -0.05) is 6.07 Å². The minimum atomic E-state index is 0.857. The van der Waals surface area contributed by atoms with E-state index >= 15 is 0 Å². The van der Waals surface area contributed by atoms with E-state index in [2.05, 4.69) is 34.9 Å². The Bertz CT molecular complexity index is 403. The van der Waals surface area contributed by atoms with Gasteiger partial charge in [0.15, 0.2) is 5.82 Å². The molecular weight excluding hydrogens is 194 g/mol. The van der Waals surface area contributed by atoms with Gasteiger partial charge in [0.25, 0.3) is 0 Å². The van der Waals surface area contributed by atoms with Crippen molar-refractivity contribution >= 4 is 17.2 Å². The number of rotatable bonds is 3. The Hall–Kier alpha value is -1.29. The third-order valence-electron chi connectivity index (χ3n) is 2.02. The molecule has 0 spiro atoms. The van der Waals surface area contributed by atoms with E-state index in [0.717, 1.165) is 12.4 Å². The summed E-state index contributed by atoms with van der Waals surface area (Å²) in [6.07, 6.45) is 2.01. The highest BCUT2D eigenvalue weighted by Gasteiger charge is 2.02. The molecule has 2 rings (SSSR count). The topological polar surface area (TPSA) is 29.9 Å². The van der Waals surface area contributed by atoms with Gasteiger partial charge in [0.05, 0.1) is 6.54 Å². The lowest BCUT2D eigenvalue weighted by molar-refractivity contribution is 0.768. The van der Waals surface area contributed by atoms with Crippen LogP contribution in [0.25, 0.3) is 0 Å². The van der Waals surface area contributed by atoms with Gasteiger partial charge in [0, 0.05) is 23.7 Å². The summed E-state index contributed by atoms with van der Waals surface area (Å²) in [4.78, 5) is 1.33. The quantitative estimate of drug-likeness (QED) is 0.837. The van der Waals surface area contributed by atoms with E-state index in [0.29, 0.717) is 0 Å². The van der Waals surface area contributed by atoms with E-state index < -0.39 is 0 Å². The van der Waals surface area contributed by atoms with Gasteiger partial charge in [-0.2, -0.15) is 5.10 Å². The van der Waals surface area contributed by atoms with Gasteiger partial charge in [0.2, 0.25) is 0 Å². The molecule has 0 saturated carbocycles. The summed E-state index contributed by atoms with van der Waals surface area (Å²) in [5.41, 5.74) is 1.18. The number of aryl methyl sites for hydroxylation is 2. The molecule has 74 valence electrons. The fourth-order valence-corrected chi connectivity index (χ4v) is 2.01. The number of nitrogens with one attached hydrogen (secondary N) is 1. The van der Waals surface area contributed by atoms with Crippen molar-refractivity contribution in [1.82, 2.24) is 9.78 Å². The molecule has 0 aliphatic rings. The number of thiophene rings is 1. The molecule has 0 aliphatic carbocycles. The van der Waals surface area contributed by atoms with E-state index in [1.54, 1.807) is 11.3 Å². The lowest BCUT2D eigenvalue weighted by Gasteiger charge is -2.00. The van der Waals surface area contributed by atoms with Crippen molar-refractivity contribution in [2.24, 2.45) is 7.05 Å². The van der Waals surface area contributed by atoms with Crippen molar-refractivity contribution in [3.63, 3.8) is 0 Å². The lowest BCUT2D eigenvalue weighted by atomic mass is 10.3. The molecule has 0 atom stereocenters. The highest BCUT2D eigenvalue weighted by molar-refractivity contribution is 7.09. The second-order valence-corrected chi connectivity index (χ2v) is 4.30. The SMILES string of the molecule is Cc1cn(C)nc1NCc1cccs1. The number of aromatic nitrogens is 2. The summed E-state index contributed by atoms with van der Waals surface area (Å²) in [5.74, 6) is 0.973. The predicted octanol–water partition coefficient (Wildman–Crippen LogP) is 2.40. The Kier molecular flexibility index (Phi) is 2.54. The maximum absolute atomic E-state index is 4.32. The molecule has 1 N–H and O–H groups in total. The lowest BCUT2D eigenvalue weighted by Crippen LogP contribution is -1.99. The van der Waals surface area contributed by atoms with Crippen LogP contribution in [0.1, 0.15) is 10.4 Å². The molecule has 0 aliphatic heterocycles. The molecular formula is C10H13N3S. The molecule has 14 heavy (non-hydrogen) atoms. The van der Waals surface area contributed by atoms with Crippen molar-refractivity contribution in [1.29, 1.82) is 0 Å². The van der Waals surface area contributed by atoms with Crippen LogP contribution in [0.5, 0.6) is 0 Å². The Morgan fingerprint density at radius 1 is 1.57 bits per heavy atom. The van der Waals surface area contributed by atoms with E-state index in [1.807, 2.05) is 17.9 Å². The largest absolute Gasteiger partial charge is 0.363 e.